The molecule has 138 valence electrons. The van der Waals surface area contributed by atoms with E-state index in [0.29, 0.717) is 5.75 Å². The largest absolute Gasteiger partial charge is 0.494 e. The van der Waals surface area contributed by atoms with E-state index in [1.165, 1.54) is 12.4 Å². The average Bonchev–Trinajstić information content (AvgIpc) is 3.18. The highest BCUT2D eigenvalue weighted by atomic mass is 16.5. The second kappa shape index (κ2) is 7.65. The first kappa shape index (κ1) is 18.1. The molecule has 0 fully saturated rings. The number of carbonyl (C=O) groups excluding carboxylic acids is 2. The van der Waals surface area contributed by atoms with Gasteiger partial charge >= 0.3 is 0 Å². The summed E-state index contributed by atoms with van der Waals surface area (Å²) < 4.78 is 7.02. The molecule has 0 saturated heterocycles. The van der Waals surface area contributed by atoms with Gasteiger partial charge in [-0.1, -0.05) is 12.1 Å². The Bertz CT molecular complexity index is 967. The van der Waals surface area contributed by atoms with E-state index in [1.807, 2.05) is 37.4 Å². The van der Waals surface area contributed by atoms with Crippen LogP contribution < -0.4 is 15.8 Å². The number of para-hydroxylation sites is 2. The van der Waals surface area contributed by atoms with E-state index in [2.05, 4.69) is 20.4 Å². The number of methoxy groups -OCH3 is 1. The van der Waals surface area contributed by atoms with Crippen molar-refractivity contribution in [3.63, 3.8) is 0 Å². The maximum Gasteiger partial charge on any atom is 0.271 e. The van der Waals surface area contributed by atoms with Gasteiger partial charge in [-0.15, -0.1) is 0 Å². The van der Waals surface area contributed by atoms with Gasteiger partial charge in [-0.3, -0.25) is 9.59 Å². The first-order chi connectivity index (χ1) is 13.0. The molecule has 2 amide bonds. The summed E-state index contributed by atoms with van der Waals surface area (Å²) in [4.78, 5) is 31.0. The fourth-order valence-corrected chi connectivity index (χ4v) is 2.44. The Morgan fingerprint density at radius 2 is 1.85 bits per heavy atom. The number of carbonyl (C=O) groups is 2. The lowest BCUT2D eigenvalue weighted by Crippen LogP contribution is -2.27. The molecule has 2 heterocycles. The number of benzene rings is 1. The molecule has 1 atom stereocenters. The van der Waals surface area contributed by atoms with Crippen molar-refractivity contribution in [2.75, 3.05) is 7.11 Å². The Balaban J connectivity index is 1.73. The van der Waals surface area contributed by atoms with Crippen LogP contribution in [0, 0.1) is 0 Å². The van der Waals surface area contributed by atoms with Gasteiger partial charge in [-0.05, 0) is 19.1 Å². The van der Waals surface area contributed by atoms with Crippen LogP contribution in [0.4, 0.5) is 0 Å². The monoisotopic (exact) mass is 366 g/mol. The summed E-state index contributed by atoms with van der Waals surface area (Å²) in [7, 11) is 1.59. The molecule has 0 saturated carbocycles. The molecule has 1 aromatic carbocycles. The van der Waals surface area contributed by atoms with Gasteiger partial charge < -0.3 is 15.8 Å². The second-order valence-corrected chi connectivity index (χ2v) is 5.74. The van der Waals surface area contributed by atoms with Crippen LogP contribution in [-0.2, 0) is 0 Å². The Kier molecular flexibility index (Phi) is 5.11. The number of aromatic nitrogens is 4. The van der Waals surface area contributed by atoms with E-state index < -0.39 is 11.8 Å². The molecule has 27 heavy (non-hydrogen) atoms. The van der Waals surface area contributed by atoms with Crippen molar-refractivity contribution in [3.8, 4) is 11.4 Å². The van der Waals surface area contributed by atoms with E-state index in [9.17, 15) is 9.59 Å². The summed E-state index contributed by atoms with van der Waals surface area (Å²) >= 11 is 0. The first-order valence-corrected chi connectivity index (χ1v) is 8.10. The van der Waals surface area contributed by atoms with Crippen LogP contribution in [0.25, 0.3) is 5.69 Å². The van der Waals surface area contributed by atoms with Gasteiger partial charge in [-0.25, -0.2) is 14.6 Å². The number of rotatable bonds is 6. The van der Waals surface area contributed by atoms with Crippen molar-refractivity contribution in [2.45, 2.75) is 13.0 Å². The van der Waals surface area contributed by atoms with Gasteiger partial charge in [0, 0.05) is 11.8 Å². The average molecular weight is 366 g/mol. The van der Waals surface area contributed by atoms with E-state index in [4.69, 9.17) is 10.5 Å². The van der Waals surface area contributed by atoms with Crippen molar-refractivity contribution in [3.05, 3.63) is 66.0 Å². The minimum absolute atomic E-state index is 0.00215. The van der Waals surface area contributed by atoms with Crippen LogP contribution in [0.15, 0.2) is 49.1 Å². The van der Waals surface area contributed by atoms with Crippen LogP contribution in [0.3, 0.4) is 0 Å². The zero-order valence-corrected chi connectivity index (χ0v) is 14.8. The van der Waals surface area contributed by atoms with Gasteiger partial charge in [0.05, 0.1) is 31.7 Å². The van der Waals surface area contributed by atoms with Crippen LogP contribution in [0.5, 0.6) is 5.75 Å². The number of amides is 2. The van der Waals surface area contributed by atoms with Crippen molar-refractivity contribution in [1.82, 2.24) is 25.1 Å². The van der Waals surface area contributed by atoms with Gasteiger partial charge in [-0.2, -0.15) is 5.10 Å². The van der Waals surface area contributed by atoms with Crippen LogP contribution in [-0.4, -0.2) is 38.7 Å². The van der Waals surface area contributed by atoms with Crippen molar-refractivity contribution in [2.24, 2.45) is 5.73 Å². The highest BCUT2D eigenvalue weighted by Gasteiger charge is 2.16. The molecule has 9 nitrogen and oxygen atoms in total. The lowest BCUT2D eigenvalue weighted by Gasteiger charge is -2.12. The third kappa shape index (κ3) is 3.92. The van der Waals surface area contributed by atoms with Gasteiger partial charge in [0.2, 0.25) is 0 Å². The molecule has 0 aliphatic heterocycles. The number of hydrogen-bond acceptors (Lipinski definition) is 6. The van der Waals surface area contributed by atoms with Gasteiger partial charge in [0.15, 0.2) is 0 Å². The molecule has 3 aromatic rings. The van der Waals surface area contributed by atoms with Crippen molar-refractivity contribution in [1.29, 1.82) is 0 Å². The number of nitrogens with two attached hydrogens (primary N) is 1. The molecule has 9 heteroatoms. The maximum atomic E-state index is 12.3. The molecule has 3 rings (SSSR count). The molecule has 0 radical (unpaired) electrons. The molecular formula is C18H18N6O3. The second-order valence-electron chi connectivity index (χ2n) is 5.74. The number of nitrogens with one attached hydrogen (secondary N) is 1. The van der Waals surface area contributed by atoms with Gasteiger partial charge in [0.1, 0.15) is 22.8 Å². The fourth-order valence-electron chi connectivity index (χ4n) is 2.44. The quantitative estimate of drug-likeness (QED) is 0.676. The van der Waals surface area contributed by atoms with Crippen LogP contribution in [0.2, 0.25) is 0 Å². The summed E-state index contributed by atoms with van der Waals surface area (Å²) in [6.07, 6.45) is 5.85. The summed E-state index contributed by atoms with van der Waals surface area (Å²) in [6.45, 7) is 1.83. The Morgan fingerprint density at radius 3 is 2.52 bits per heavy atom. The molecule has 1 unspecified atom stereocenters. The normalized spacial score (nSPS) is 11.6. The standard InChI is InChI=1S/C18H18N6O3/c1-11(23-18(26)14-9-20-13(8-21-14)17(19)25)12-7-22-24(10-12)15-5-3-4-6-16(15)27-2/h3-11H,1-2H3,(H2,19,25)(H,23,26). The Hall–Kier alpha value is -3.75. The van der Waals surface area contributed by atoms with E-state index in [0.717, 1.165) is 11.3 Å². The summed E-state index contributed by atoms with van der Waals surface area (Å²) in [5, 5.41) is 7.15. The molecule has 0 bridgehead atoms. The SMILES string of the molecule is COc1ccccc1-n1cc(C(C)NC(=O)c2cnc(C(N)=O)cn2)cn1. The number of ether oxygens (including phenoxy) is 1. The molecule has 0 aliphatic carbocycles. The maximum absolute atomic E-state index is 12.3. The van der Waals surface area contributed by atoms with Crippen LogP contribution >= 0.6 is 0 Å². The molecule has 3 N–H and O–H groups in total. The first-order valence-electron chi connectivity index (χ1n) is 8.10. The zero-order valence-electron chi connectivity index (χ0n) is 14.8. The zero-order chi connectivity index (χ0) is 19.4. The van der Waals surface area contributed by atoms with Crippen molar-refractivity contribution >= 4 is 11.8 Å². The number of primary amides is 1. The third-order valence-electron chi connectivity index (χ3n) is 3.92. The number of hydrogen-bond donors (Lipinski definition) is 2. The van der Waals surface area contributed by atoms with E-state index >= 15 is 0 Å². The number of nitrogens with zero attached hydrogens (tertiary/aromatic N) is 4. The predicted molar refractivity (Wildman–Crippen MR) is 96.5 cm³/mol. The smallest absolute Gasteiger partial charge is 0.271 e. The summed E-state index contributed by atoms with van der Waals surface area (Å²) in [6, 6.07) is 7.17. The molecule has 2 aromatic heterocycles. The van der Waals surface area contributed by atoms with E-state index in [-0.39, 0.29) is 17.4 Å². The summed E-state index contributed by atoms with van der Waals surface area (Å²) in [5.74, 6) is -0.434. The topological polar surface area (TPSA) is 125 Å². The fraction of sp³-hybridized carbons (Fsp3) is 0.167. The lowest BCUT2D eigenvalue weighted by molar-refractivity contribution is 0.0931. The highest BCUT2D eigenvalue weighted by molar-refractivity contribution is 5.93. The van der Waals surface area contributed by atoms with Crippen molar-refractivity contribution < 1.29 is 14.3 Å². The summed E-state index contributed by atoms with van der Waals surface area (Å²) in [5.41, 5.74) is 6.78. The Labute approximate surface area is 155 Å². The minimum atomic E-state index is -0.702. The van der Waals surface area contributed by atoms with Crippen LogP contribution in [0.1, 0.15) is 39.5 Å². The Morgan fingerprint density at radius 1 is 1.15 bits per heavy atom. The van der Waals surface area contributed by atoms with Gasteiger partial charge in [0.25, 0.3) is 11.8 Å². The minimum Gasteiger partial charge on any atom is -0.494 e. The van der Waals surface area contributed by atoms with E-state index in [1.54, 1.807) is 18.0 Å². The molecule has 0 spiro atoms. The highest BCUT2D eigenvalue weighted by Crippen LogP contribution is 2.23. The molecular weight excluding hydrogens is 348 g/mol. The molecule has 0 aliphatic rings. The lowest BCUT2D eigenvalue weighted by atomic mass is 10.2. The third-order valence-corrected chi connectivity index (χ3v) is 3.92. The predicted octanol–water partition coefficient (Wildman–Crippen LogP) is 1.26.